The van der Waals surface area contributed by atoms with Gasteiger partial charge in [0.2, 0.25) is 5.16 Å². The summed E-state index contributed by atoms with van der Waals surface area (Å²) in [5.74, 6) is 0.614. The average Bonchev–Trinajstić information content (AvgIpc) is 2.80. The van der Waals surface area contributed by atoms with Crippen LogP contribution in [-0.4, -0.2) is 19.6 Å². The molecule has 1 aromatic carbocycles. The third kappa shape index (κ3) is 2.72. The lowest BCUT2D eigenvalue weighted by molar-refractivity contribution is 0.875. The second kappa shape index (κ2) is 5.19. The average molecular weight is 291 g/mol. The molecular formula is C13H11ClN4S. The van der Waals surface area contributed by atoms with Crippen molar-refractivity contribution in [1.82, 2.24) is 19.6 Å². The van der Waals surface area contributed by atoms with Crippen LogP contribution in [0.15, 0.2) is 47.9 Å². The summed E-state index contributed by atoms with van der Waals surface area (Å²) in [6, 6.07) is 9.67. The molecule has 3 rings (SSSR count). The van der Waals surface area contributed by atoms with Gasteiger partial charge in [0.25, 0.3) is 5.78 Å². The number of thioether (sulfide) groups is 1. The van der Waals surface area contributed by atoms with Gasteiger partial charge in [-0.2, -0.15) is 4.98 Å². The Bertz CT molecular complexity index is 679. The molecule has 0 saturated heterocycles. The lowest BCUT2D eigenvalue weighted by Crippen LogP contribution is -1.90. The van der Waals surface area contributed by atoms with Gasteiger partial charge in [0.15, 0.2) is 0 Å². The highest BCUT2D eigenvalue weighted by atomic mass is 35.5. The lowest BCUT2D eigenvalue weighted by atomic mass is 10.2. The Morgan fingerprint density at radius 1 is 1.32 bits per heavy atom. The van der Waals surface area contributed by atoms with Crippen molar-refractivity contribution in [3.63, 3.8) is 0 Å². The predicted octanol–water partition coefficient (Wildman–Crippen LogP) is 3.63. The van der Waals surface area contributed by atoms with E-state index < -0.39 is 0 Å². The highest BCUT2D eigenvalue weighted by Gasteiger charge is 2.12. The molecule has 2 aromatic heterocycles. The molecule has 0 fully saturated rings. The topological polar surface area (TPSA) is 43.1 Å². The largest absolute Gasteiger partial charge is 0.253 e. The minimum absolute atomic E-state index is 0.233. The maximum Gasteiger partial charge on any atom is 0.253 e. The number of hydrogen-bond donors (Lipinski definition) is 0. The van der Waals surface area contributed by atoms with Crippen molar-refractivity contribution in [2.75, 3.05) is 0 Å². The van der Waals surface area contributed by atoms with E-state index in [2.05, 4.69) is 28.1 Å². The molecule has 0 radical (unpaired) electrons. The van der Waals surface area contributed by atoms with E-state index in [0.717, 1.165) is 10.6 Å². The Morgan fingerprint density at radius 2 is 2.21 bits per heavy atom. The van der Waals surface area contributed by atoms with E-state index in [1.54, 1.807) is 22.5 Å². The lowest BCUT2D eigenvalue weighted by Gasteiger charge is -2.08. The van der Waals surface area contributed by atoms with Gasteiger partial charge in [0.1, 0.15) is 0 Å². The third-order valence-corrected chi connectivity index (χ3v) is 3.94. The SMILES string of the molecule is CC(Sc1nc2ncccn2n1)c1cccc(Cl)c1. The Balaban J connectivity index is 1.84. The minimum atomic E-state index is 0.233. The third-order valence-electron chi connectivity index (χ3n) is 2.70. The van der Waals surface area contributed by atoms with E-state index in [-0.39, 0.29) is 5.25 Å². The summed E-state index contributed by atoms with van der Waals surface area (Å²) >= 11 is 7.59. The minimum Gasteiger partial charge on any atom is -0.220 e. The zero-order chi connectivity index (χ0) is 13.2. The van der Waals surface area contributed by atoms with Gasteiger partial charge in [-0.1, -0.05) is 35.5 Å². The molecule has 0 bridgehead atoms. The molecule has 0 N–H and O–H groups in total. The summed E-state index contributed by atoms with van der Waals surface area (Å²) < 4.78 is 1.67. The van der Waals surface area contributed by atoms with Crippen LogP contribution in [0.25, 0.3) is 5.78 Å². The summed E-state index contributed by atoms with van der Waals surface area (Å²) in [7, 11) is 0. The van der Waals surface area contributed by atoms with Crippen molar-refractivity contribution in [3.8, 4) is 0 Å². The molecule has 19 heavy (non-hydrogen) atoms. The molecule has 1 unspecified atom stereocenters. The van der Waals surface area contributed by atoms with Gasteiger partial charge in [-0.25, -0.2) is 9.50 Å². The van der Waals surface area contributed by atoms with Crippen LogP contribution < -0.4 is 0 Å². The van der Waals surface area contributed by atoms with Gasteiger partial charge in [0.05, 0.1) is 0 Å². The fraction of sp³-hybridized carbons (Fsp3) is 0.154. The van der Waals surface area contributed by atoms with Crippen molar-refractivity contribution < 1.29 is 0 Å². The van der Waals surface area contributed by atoms with Crippen molar-refractivity contribution in [2.45, 2.75) is 17.3 Å². The number of nitrogens with zero attached hydrogens (tertiary/aromatic N) is 4. The fourth-order valence-corrected chi connectivity index (χ4v) is 2.82. The van der Waals surface area contributed by atoms with Crippen molar-refractivity contribution >= 4 is 29.1 Å². The highest BCUT2D eigenvalue weighted by Crippen LogP contribution is 2.33. The number of halogens is 1. The Hall–Kier alpha value is -1.59. The zero-order valence-corrected chi connectivity index (χ0v) is 11.8. The predicted molar refractivity (Wildman–Crippen MR) is 76.5 cm³/mol. The Morgan fingerprint density at radius 3 is 3.00 bits per heavy atom. The number of aromatic nitrogens is 4. The second-order valence-electron chi connectivity index (χ2n) is 4.07. The van der Waals surface area contributed by atoms with E-state index in [0.29, 0.717) is 10.9 Å². The molecule has 6 heteroatoms. The summed E-state index contributed by atoms with van der Waals surface area (Å²) in [5.41, 5.74) is 1.16. The van der Waals surface area contributed by atoms with Gasteiger partial charge in [0, 0.05) is 22.7 Å². The van der Waals surface area contributed by atoms with E-state index in [9.17, 15) is 0 Å². The molecular weight excluding hydrogens is 280 g/mol. The van der Waals surface area contributed by atoms with Gasteiger partial charge in [-0.05, 0) is 30.7 Å². The molecule has 0 aliphatic rings. The smallest absolute Gasteiger partial charge is 0.220 e. The summed E-state index contributed by atoms with van der Waals surface area (Å²) in [4.78, 5) is 8.52. The quantitative estimate of drug-likeness (QED) is 0.691. The Labute approximate surface area is 119 Å². The van der Waals surface area contributed by atoms with Crippen LogP contribution in [0.4, 0.5) is 0 Å². The van der Waals surface area contributed by atoms with Crippen LogP contribution in [0, 0.1) is 0 Å². The monoisotopic (exact) mass is 290 g/mol. The summed E-state index contributed by atoms with van der Waals surface area (Å²) in [6.45, 7) is 2.11. The molecule has 4 nitrogen and oxygen atoms in total. The number of rotatable bonds is 3. The van der Waals surface area contributed by atoms with Crippen LogP contribution in [0.3, 0.4) is 0 Å². The van der Waals surface area contributed by atoms with E-state index in [1.165, 1.54) is 0 Å². The van der Waals surface area contributed by atoms with Crippen molar-refractivity contribution in [3.05, 3.63) is 53.3 Å². The molecule has 0 spiro atoms. The van der Waals surface area contributed by atoms with E-state index in [1.807, 2.05) is 30.5 Å². The molecule has 1 atom stereocenters. The van der Waals surface area contributed by atoms with Gasteiger partial charge in [-0.15, -0.1) is 5.10 Å². The first-order valence-electron chi connectivity index (χ1n) is 5.82. The van der Waals surface area contributed by atoms with Crippen molar-refractivity contribution in [1.29, 1.82) is 0 Å². The molecule has 0 saturated carbocycles. The number of fused-ring (bicyclic) bond motifs is 1. The van der Waals surface area contributed by atoms with Crippen LogP contribution >= 0.6 is 23.4 Å². The maximum atomic E-state index is 6.00. The normalized spacial score (nSPS) is 12.7. The fourth-order valence-electron chi connectivity index (χ4n) is 1.75. The summed E-state index contributed by atoms with van der Waals surface area (Å²) in [5, 5.41) is 6.07. The van der Waals surface area contributed by atoms with Gasteiger partial charge < -0.3 is 0 Å². The van der Waals surface area contributed by atoms with Gasteiger partial charge >= 0.3 is 0 Å². The first-order chi connectivity index (χ1) is 9.22. The first-order valence-corrected chi connectivity index (χ1v) is 7.07. The molecule has 3 aromatic rings. The highest BCUT2D eigenvalue weighted by molar-refractivity contribution is 7.99. The number of benzene rings is 1. The van der Waals surface area contributed by atoms with Crippen LogP contribution in [0.1, 0.15) is 17.7 Å². The Kier molecular flexibility index (Phi) is 3.40. The van der Waals surface area contributed by atoms with Crippen LogP contribution in [0.5, 0.6) is 0 Å². The molecule has 0 aliphatic heterocycles. The van der Waals surface area contributed by atoms with Crippen LogP contribution in [0.2, 0.25) is 5.02 Å². The molecule has 0 amide bonds. The van der Waals surface area contributed by atoms with E-state index in [4.69, 9.17) is 11.6 Å². The summed E-state index contributed by atoms with van der Waals surface area (Å²) in [6.07, 6.45) is 3.54. The molecule has 96 valence electrons. The van der Waals surface area contributed by atoms with Crippen molar-refractivity contribution in [2.24, 2.45) is 0 Å². The number of hydrogen-bond acceptors (Lipinski definition) is 4. The van der Waals surface area contributed by atoms with E-state index >= 15 is 0 Å². The maximum absolute atomic E-state index is 6.00. The first kappa shape index (κ1) is 12.4. The standard InChI is InChI=1S/C13H11ClN4S/c1-9(10-4-2-5-11(14)8-10)19-13-16-12-15-6-3-7-18(12)17-13/h2-9H,1H3. The van der Waals surface area contributed by atoms with Gasteiger partial charge in [-0.3, -0.25) is 0 Å². The molecule has 0 aliphatic carbocycles. The second-order valence-corrected chi connectivity index (χ2v) is 5.82. The molecule has 2 heterocycles. The van der Waals surface area contributed by atoms with Crippen LogP contribution in [-0.2, 0) is 0 Å². The zero-order valence-electron chi connectivity index (χ0n) is 10.2.